The van der Waals surface area contributed by atoms with Crippen LogP contribution in [0, 0.1) is 5.41 Å². The topological polar surface area (TPSA) is 41.5 Å². The molecule has 1 aliphatic carbocycles. The van der Waals surface area contributed by atoms with Crippen LogP contribution in [0.25, 0.3) is 0 Å². The van der Waals surface area contributed by atoms with Crippen molar-refractivity contribution < 1.29 is 9.84 Å². The van der Waals surface area contributed by atoms with E-state index >= 15 is 0 Å². The number of hydrogen-bond donors (Lipinski definition) is 2. The molecule has 0 aromatic heterocycles. The summed E-state index contributed by atoms with van der Waals surface area (Å²) < 4.78 is 5.82. The minimum Gasteiger partial charge on any atom is -0.389 e. The summed E-state index contributed by atoms with van der Waals surface area (Å²) in [5, 5.41) is 13.4. The first-order valence-corrected chi connectivity index (χ1v) is 9.04. The van der Waals surface area contributed by atoms with Crippen LogP contribution in [0.2, 0.25) is 0 Å². The number of aliphatic hydroxyl groups is 1. The van der Waals surface area contributed by atoms with Crippen LogP contribution < -0.4 is 5.32 Å². The molecule has 0 aliphatic heterocycles. The zero-order valence-corrected chi connectivity index (χ0v) is 14.5. The van der Waals surface area contributed by atoms with E-state index in [0.29, 0.717) is 24.7 Å². The number of rotatable bonds is 11. The lowest BCUT2D eigenvalue weighted by atomic mass is 9.87. The highest BCUT2D eigenvalue weighted by atomic mass is 16.5. The molecule has 0 saturated heterocycles. The number of hydrogen-bond acceptors (Lipinski definition) is 3. The van der Waals surface area contributed by atoms with E-state index in [1.54, 1.807) is 0 Å². The Morgan fingerprint density at radius 1 is 1.19 bits per heavy atom. The van der Waals surface area contributed by atoms with Crippen molar-refractivity contribution >= 4 is 0 Å². The molecule has 0 aromatic carbocycles. The SMILES string of the molecule is CCCCCC(C)(C)CNCC(O)COC1CCCCC1. The van der Waals surface area contributed by atoms with Crippen LogP contribution in [0.3, 0.4) is 0 Å². The standard InChI is InChI=1S/C18H37NO2/c1-4-5-9-12-18(2,3)15-19-13-16(20)14-21-17-10-7-6-8-11-17/h16-17,19-20H,4-15H2,1-3H3. The lowest BCUT2D eigenvalue weighted by Crippen LogP contribution is -2.37. The fourth-order valence-corrected chi connectivity index (χ4v) is 3.06. The maximum atomic E-state index is 10.0. The Morgan fingerprint density at radius 3 is 2.57 bits per heavy atom. The molecular formula is C18H37NO2. The molecule has 0 amide bonds. The van der Waals surface area contributed by atoms with Gasteiger partial charge in [-0.25, -0.2) is 0 Å². The summed E-state index contributed by atoms with van der Waals surface area (Å²) in [5.74, 6) is 0. The summed E-state index contributed by atoms with van der Waals surface area (Å²) in [6, 6.07) is 0. The fraction of sp³-hybridized carbons (Fsp3) is 1.00. The van der Waals surface area contributed by atoms with Gasteiger partial charge in [0.25, 0.3) is 0 Å². The summed E-state index contributed by atoms with van der Waals surface area (Å²) in [4.78, 5) is 0. The summed E-state index contributed by atoms with van der Waals surface area (Å²) in [5.41, 5.74) is 0.319. The Morgan fingerprint density at radius 2 is 1.90 bits per heavy atom. The zero-order chi connectivity index (χ0) is 15.6. The predicted molar refractivity (Wildman–Crippen MR) is 89.6 cm³/mol. The molecule has 0 spiro atoms. The second-order valence-corrected chi connectivity index (χ2v) is 7.50. The Kier molecular flexibility index (Phi) is 9.54. The number of ether oxygens (including phenoxy) is 1. The van der Waals surface area contributed by atoms with Gasteiger partial charge >= 0.3 is 0 Å². The van der Waals surface area contributed by atoms with Gasteiger partial charge in [-0.15, -0.1) is 0 Å². The number of unbranched alkanes of at least 4 members (excludes halogenated alkanes) is 2. The van der Waals surface area contributed by atoms with Gasteiger partial charge in [-0.05, 0) is 24.7 Å². The van der Waals surface area contributed by atoms with Gasteiger partial charge in [-0.3, -0.25) is 0 Å². The highest BCUT2D eigenvalue weighted by Gasteiger charge is 2.18. The molecule has 1 atom stereocenters. The normalized spacial score (nSPS) is 18.9. The Bertz CT molecular complexity index is 250. The van der Waals surface area contributed by atoms with Crippen LogP contribution in [0.5, 0.6) is 0 Å². The van der Waals surface area contributed by atoms with Crippen LogP contribution in [0.1, 0.15) is 78.6 Å². The minimum absolute atomic E-state index is 0.319. The first-order valence-electron chi connectivity index (χ1n) is 9.04. The van der Waals surface area contributed by atoms with Crippen LogP contribution >= 0.6 is 0 Å². The third-order valence-corrected chi connectivity index (χ3v) is 4.52. The van der Waals surface area contributed by atoms with E-state index in [9.17, 15) is 5.11 Å². The van der Waals surface area contributed by atoms with Crippen molar-refractivity contribution in [1.82, 2.24) is 5.32 Å². The van der Waals surface area contributed by atoms with Gasteiger partial charge in [-0.2, -0.15) is 0 Å². The van der Waals surface area contributed by atoms with Gasteiger partial charge in [0.1, 0.15) is 0 Å². The molecule has 1 rings (SSSR count). The van der Waals surface area contributed by atoms with E-state index in [-0.39, 0.29) is 6.10 Å². The average molecular weight is 299 g/mol. The molecule has 3 nitrogen and oxygen atoms in total. The van der Waals surface area contributed by atoms with Gasteiger partial charge in [0.05, 0.1) is 18.8 Å². The highest BCUT2D eigenvalue weighted by Crippen LogP contribution is 2.23. The van der Waals surface area contributed by atoms with E-state index in [0.717, 1.165) is 6.54 Å². The molecule has 1 aliphatic rings. The van der Waals surface area contributed by atoms with E-state index in [1.807, 2.05) is 0 Å². The molecular weight excluding hydrogens is 262 g/mol. The quantitative estimate of drug-likeness (QED) is 0.569. The van der Waals surface area contributed by atoms with Crippen LogP contribution in [-0.4, -0.2) is 37.0 Å². The maximum Gasteiger partial charge on any atom is 0.0897 e. The smallest absolute Gasteiger partial charge is 0.0897 e. The monoisotopic (exact) mass is 299 g/mol. The fourth-order valence-electron chi connectivity index (χ4n) is 3.06. The lowest BCUT2D eigenvalue weighted by molar-refractivity contribution is -0.0234. The zero-order valence-electron chi connectivity index (χ0n) is 14.5. The predicted octanol–water partition coefficient (Wildman–Crippen LogP) is 3.89. The van der Waals surface area contributed by atoms with Gasteiger partial charge in [0.15, 0.2) is 0 Å². The first kappa shape index (κ1) is 18.9. The minimum atomic E-state index is -0.377. The molecule has 3 heteroatoms. The highest BCUT2D eigenvalue weighted by molar-refractivity contribution is 4.73. The van der Waals surface area contributed by atoms with Crippen molar-refractivity contribution in [3.63, 3.8) is 0 Å². The van der Waals surface area contributed by atoms with Crippen molar-refractivity contribution in [1.29, 1.82) is 0 Å². The van der Waals surface area contributed by atoms with Gasteiger partial charge in [0, 0.05) is 13.1 Å². The molecule has 0 aromatic rings. The maximum absolute atomic E-state index is 10.0. The molecule has 1 saturated carbocycles. The van der Waals surface area contributed by atoms with Gasteiger partial charge in [0.2, 0.25) is 0 Å². The van der Waals surface area contributed by atoms with E-state index in [4.69, 9.17) is 4.74 Å². The van der Waals surface area contributed by atoms with Crippen molar-refractivity contribution in [3.05, 3.63) is 0 Å². The van der Waals surface area contributed by atoms with Crippen molar-refractivity contribution in [2.24, 2.45) is 5.41 Å². The number of aliphatic hydroxyl groups excluding tert-OH is 1. The van der Waals surface area contributed by atoms with Crippen molar-refractivity contribution in [2.45, 2.75) is 90.8 Å². The summed E-state index contributed by atoms with van der Waals surface area (Å²) >= 11 is 0. The van der Waals surface area contributed by atoms with E-state index < -0.39 is 0 Å². The average Bonchev–Trinajstić information content (AvgIpc) is 2.46. The molecule has 1 unspecified atom stereocenters. The van der Waals surface area contributed by atoms with Crippen molar-refractivity contribution in [2.75, 3.05) is 19.7 Å². The van der Waals surface area contributed by atoms with Gasteiger partial charge in [-0.1, -0.05) is 59.3 Å². The third kappa shape index (κ3) is 9.49. The van der Waals surface area contributed by atoms with Crippen molar-refractivity contribution in [3.8, 4) is 0 Å². The molecule has 0 bridgehead atoms. The van der Waals surface area contributed by atoms with E-state index in [2.05, 4.69) is 26.1 Å². The third-order valence-electron chi connectivity index (χ3n) is 4.52. The largest absolute Gasteiger partial charge is 0.389 e. The van der Waals surface area contributed by atoms with Crippen LogP contribution in [-0.2, 0) is 4.74 Å². The molecule has 0 radical (unpaired) electrons. The second-order valence-electron chi connectivity index (χ2n) is 7.50. The Hall–Kier alpha value is -0.120. The molecule has 21 heavy (non-hydrogen) atoms. The summed E-state index contributed by atoms with van der Waals surface area (Å²) in [6.07, 6.45) is 11.4. The second kappa shape index (κ2) is 10.6. The molecule has 1 fully saturated rings. The Balaban J connectivity index is 2.04. The Labute approximate surface area is 131 Å². The summed E-state index contributed by atoms with van der Waals surface area (Å²) in [7, 11) is 0. The first-order chi connectivity index (χ1) is 10.0. The van der Waals surface area contributed by atoms with E-state index in [1.165, 1.54) is 57.8 Å². The number of nitrogens with one attached hydrogen (secondary N) is 1. The molecule has 126 valence electrons. The van der Waals surface area contributed by atoms with Crippen LogP contribution in [0.15, 0.2) is 0 Å². The molecule has 2 N–H and O–H groups in total. The molecule has 0 heterocycles. The van der Waals surface area contributed by atoms with Gasteiger partial charge < -0.3 is 15.2 Å². The summed E-state index contributed by atoms with van der Waals surface area (Å²) in [6.45, 7) is 8.95. The lowest BCUT2D eigenvalue weighted by Gasteiger charge is -2.27. The van der Waals surface area contributed by atoms with Crippen LogP contribution in [0.4, 0.5) is 0 Å².